The quantitative estimate of drug-likeness (QED) is 0.659. The Balaban J connectivity index is 1.80. The number of thioether (sulfide) groups is 1. The third-order valence-corrected chi connectivity index (χ3v) is 3.93. The van der Waals surface area contributed by atoms with Gasteiger partial charge in [0.2, 0.25) is 5.91 Å². The Morgan fingerprint density at radius 3 is 2.81 bits per heavy atom. The predicted octanol–water partition coefficient (Wildman–Crippen LogP) is 3.12. The van der Waals surface area contributed by atoms with E-state index in [1.54, 1.807) is 25.1 Å². The average Bonchev–Trinajstić information content (AvgIpc) is 2.46. The summed E-state index contributed by atoms with van der Waals surface area (Å²) in [5, 5.41) is 2.82. The summed E-state index contributed by atoms with van der Waals surface area (Å²) in [4.78, 5) is 12.8. The van der Waals surface area contributed by atoms with Crippen molar-refractivity contribution in [1.82, 2.24) is 5.32 Å². The van der Waals surface area contributed by atoms with Crippen LogP contribution < -0.4 is 11.1 Å². The van der Waals surface area contributed by atoms with Crippen LogP contribution in [-0.4, -0.2) is 11.7 Å². The number of anilines is 1. The molecule has 0 unspecified atom stereocenters. The Kier molecular flexibility index (Phi) is 5.22. The van der Waals surface area contributed by atoms with Gasteiger partial charge >= 0.3 is 0 Å². The van der Waals surface area contributed by atoms with E-state index in [9.17, 15) is 9.18 Å². The fourth-order valence-corrected chi connectivity index (χ4v) is 2.62. The molecular formula is C16H17FN2OS. The van der Waals surface area contributed by atoms with Gasteiger partial charge in [0.05, 0.1) is 5.75 Å². The SMILES string of the molecule is Cc1cc(CNC(=O)CSc2cccc(N)c2)ccc1F. The Hall–Kier alpha value is -2.01. The van der Waals surface area contributed by atoms with Crippen molar-refractivity contribution in [3.8, 4) is 0 Å². The van der Waals surface area contributed by atoms with Gasteiger partial charge in [-0.3, -0.25) is 4.79 Å². The monoisotopic (exact) mass is 304 g/mol. The Bertz CT molecular complexity index is 646. The highest BCUT2D eigenvalue weighted by atomic mass is 32.2. The fraction of sp³-hybridized carbons (Fsp3) is 0.188. The first kappa shape index (κ1) is 15.4. The normalized spacial score (nSPS) is 10.4. The number of nitrogens with two attached hydrogens (primary N) is 1. The van der Waals surface area contributed by atoms with Crippen molar-refractivity contribution >= 4 is 23.4 Å². The van der Waals surface area contributed by atoms with Crippen LogP contribution in [0.1, 0.15) is 11.1 Å². The van der Waals surface area contributed by atoms with Crippen molar-refractivity contribution in [2.75, 3.05) is 11.5 Å². The third kappa shape index (κ3) is 4.79. The lowest BCUT2D eigenvalue weighted by atomic mass is 10.1. The second-order valence-corrected chi connectivity index (χ2v) is 5.77. The Morgan fingerprint density at radius 2 is 2.10 bits per heavy atom. The van der Waals surface area contributed by atoms with Gasteiger partial charge < -0.3 is 11.1 Å². The number of hydrogen-bond donors (Lipinski definition) is 2. The fourth-order valence-electron chi connectivity index (χ4n) is 1.82. The van der Waals surface area contributed by atoms with Crippen molar-refractivity contribution < 1.29 is 9.18 Å². The smallest absolute Gasteiger partial charge is 0.230 e. The first-order chi connectivity index (χ1) is 10.0. The third-order valence-electron chi connectivity index (χ3n) is 2.94. The van der Waals surface area contributed by atoms with Gasteiger partial charge in [0.15, 0.2) is 0 Å². The summed E-state index contributed by atoms with van der Waals surface area (Å²) in [5.41, 5.74) is 7.83. The Morgan fingerprint density at radius 1 is 1.29 bits per heavy atom. The van der Waals surface area contributed by atoms with E-state index in [-0.39, 0.29) is 11.7 Å². The molecule has 110 valence electrons. The lowest BCUT2D eigenvalue weighted by molar-refractivity contribution is -0.118. The zero-order valence-corrected chi connectivity index (χ0v) is 12.5. The maximum atomic E-state index is 13.1. The minimum atomic E-state index is -0.234. The molecule has 0 spiro atoms. The summed E-state index contributed by atoms with van der Waals surface area (Å²) >= 11 is 1.43. The number of nitrogens with one attached hydrogen (secondary N) is 1. The molecule has 0 aliphatic rings. The van der Waals surface area contributed by atoms with Gasteiger partial charge in [-0.25, -0.2) is 4.39 Å². The van der Waals surface area contributed by atoms with Crippen molar-refractivity contribution in [2.45, 2.75) is 18.4 Å². The standard InChI is InChI=1S/C16H17FN2OS/c1-11-7-12(5-6-15(11)17)9-19-16(20)10-21-14-4-2-3-13(18)8-14/h2-8H,9-10,18H2,1H3,(H,19,20). The van der Waals surface area contributed by atoms with Crippen LogP contribution in [0.4, 0.5) is 10.1 Å². The average molecular weight is 304 g/mol. The molecule has 1 amide bonds. The molecule has 21 heavy (non-hydrogen) atoms. The summed E-state index contributed by atoms with van der Waals surface area (Å²) in [6, 6.07) is 12.2. The van der Waals surface area contributed by atoms with E-state index in [0.29, 0.717) is 23.5 Å². The van der Waals surface area contributed by atoms with Gasteiger partial charge in [-0.1, -0.05) is 18.2 Å². The molecular weight excluding hydrogens is 287 g/mol. The van der Waals surface area contributed by atoms with E-state index in [1.807, 2.05) is 18.2 Å². The van der Waals surface area contributed by atoms with Gasteiger partial charge in [-0.15, -0.1) is 11.8 Å². The van der Waals surface area contributed by atoms with Gasteiger partial charge in [0, 0.05) is 17.1 Å². The molecule has 2 aromatic carbocycles. The zero-order valence-electron chi connectivity index (χ0n) is 11.7. The molecule has 2 rings (SSSR count). The molecule has 0 radical (unpaired) electrons. The molecule has 0 saturated carbocycles. The summed E-state index contributed by atoms with van der Waals surface area (Å²) in [7, 11) is 0. The minimum absolute atomic E-state index is 0.0654. The van der Waals surface area contributed by atoms with Crippen LogP contribution in [0.3, 0.4) is 0 Å². The van der Waals surface area contributed by atoms with Gasteiger partial charge in [-0.2, -0.15) is 0 Å². The van der Waals surface area contributed by atoms with Crippen LogP contribution in [0.25, 0.3) is 0 Å². The first-order valence-corrected chi connectivity index (χ1v) is 7.53. The van der Waals surface area contributed by atoms with Crippen LogP contribution >= 0.6 is 11.8 Å². The molecule has 0 fully saturated rings. The van der Waals surface area contributed by atoms with Gasteiger partial charge in [-0.05, 0) is 42.3 Å². The van der Waals surface area contributed by atoms with Crippen LogP contribution in [0.5, 0.6) is 0 Å². The van der Waals surface area contributed by atoms with E-state index >= 15 is 0 Å². The van der Waals surface area contributed by atoms with E-state index in [4.69, 9.17) is 5.73 Å². The molecule has 3 N–H and O–H groups in total. The summed E-state index contributed by atoms with van der Waals surface area (Å²) in [6.45, 7) is 2.10. The summed E-state index contributed by atoms with van der Waals surface area (Å²) < 4.78 is 13.1. The lowest BCUT2D eigenvalue weighted by Crippen LogP contribution is -2.24. The number of carbonyl (C=O) groups excluding carboxylic acids is 1. The van der Waals surface area contributed by atoms with Crippen LogP contribution in [0, 0.1) is 12.7 Å². The zero-order chi connectivity index (χ0) is 15.2. The van der Waals surface area contributed by atoms with E-state index < -0.39 is 0 Å². The van der Waals surface area contributed by atoms with Crippen molar-refractivity contribution in [3.05, 3.63) is 59.4 Å². The van der Waals surface area contributed by atoms with E-state index in [2.05, 4.69) is 5.32 Å². The minimum Gasteiger partial charge on any atom is -0.399 e. The summed E-state index contributed by atoms with van der Waals surface area (Å²) in [5.74, 6) is 0.0237. The molecule has 3 nitrogen and oxygen atoms in total. The molecule has 0 aromatic heterocycles. The van der Waals surface area contributed by atoms with Crippen molar-refractivity contribution in [2.24, 2.45) is 0 Å². The van der Waals surface area contributed by atoms with Crippen LogP contribution in [0.2, 0.25) is 0 Å². The highest BCUT2D eigenvalue weighted by Crippen LogP contribution is 2.19. The highest BCUT2D eigenvalue weighted by molar-refractivity contribution is 8.00. The van der Waals surface area contributed by atoms with E-state index in [1.165, 1.54) is 17.8 Å². The summed E-state index contributed by atoms with van der Waals surface area (Å²) in [6.07, 6.45) is 0. The molecule has 0 aliphatic carbocycles. The predicted molar refractivity (Wildman–Crippen MR) is 84.6 cm³/mol. The van der Waals surface area contributed by atoms with E-state index in [0.717, 1.165) is 10.5 Å². The number of benzene rings is 2. The topological polar surface area (TPSA) is 55.1 Å². The van der Waals surface area contributed by atoms with Crippen molar-refractivity contribution in [3.63, 3.8) is 0 Å². The first-order valence-electron chi connectivity index (χ1n) is 6.54. The number of amides is 1. The molecule has 0 bridgehead atoms. The Labute approximate surface area is 127 Å². The molecule has 0 aliphatic heterocycles. The molecule has 2 aromatic rings. The number of aryl methyl sites for hydroxylation is 1. The number of rotatable bonds is 5. The number of carbonyl (C=O) groups is 1. The van der Waals surface area contributed by atoms with Crippen LogP contribution in [-0.2, 0) is 11.3 Å². The van der Waals surface area contributed by atoms with Gasteiger partial charge in [0.25, 0.3) is 0 Å². The van der Waals surface area contributed by atoms with Gasteiger partial charge in [0.1, 0.15) is 5.82 Å². The number of halogens is 1. The molecule has 0 saturated heterocycles. The number of hydrogen-bond acceptors (Lipinski definition) is 3. The molecule has 0 atom stereocenters. The molecule has 5 heteroatoms. The second kappa shape index (κ2) is 7.13. The second-order valence-electron chi connectivity index (χ2n) is 4.72. The lowest BCUT2D eigenvalue weighted by Gasteiger charge is -2.07. The number of nitrogen functional groups attached to an aromatic ring is 1. The molecule has 0 heterocycles. The largest absolute Gasteiger partial charge is 0.399 e. The highest BCUT2D eigenvalue weighted by Gasteiger charge is 2.04. The van der Waals surface area contributed by atoms with Crippen LogP contribution in [0.15, 0.2) is 47.4 Å². The maximum Gasteiger partial charge on any atom is 0.230 e. The van der Waals surface area contributed by atoms with Crippen molar-refractivity contribution in [1.29, 1.82) is 0 Å². The maximum absolute atomic E-state index is 13.1.